The van der Waals surface area contributed by atoms with Gasteiger partial charge in [0, 0.05) is 176 Å². The second kappa shape index (κ2) is 39.8. The van der Waals surface area contributed by atoms with E-state index >= 15 is 0 Å². The fraction of sp³-hybridized carbons (Fsp3) is 0.524. The topological polar surface area (TPSA) is 264 Å². The average molecular weight is 1570 g/mol. The van der Waals surface area contributed by atoms with Crippen LogP contribution in [0.25, 0.3) is 0 Å². The minimum Gasteiger partial charge on any atom is -0.493 e. The predicted molar refractivity (Wildman–Crippen MR) is 435 cm³/mol. The fourth-order valence-electron chi connectivity index (χ4n) is 16.0. The van der Waals surface area contributed by atoms with Crippen molar-refractivity contribution in [3.05, 3.63) is 159 Å². The minimum absolute atomic E-state index is 0.00676. The monoisotopic (exact) mass is 1570 g/mol. The molecule has 3 amide bonds. The summed E-state index contributed by atoms with van der Waals surface area (Å²) in [6.45, 7) is 27.5. The maximum Gasteiger partial charge on any atom is 0.333 e. The van der Waals surface area contributed by atoms with Gasteiger partial charge in [-0.05, 0) is 161 Å². The van der Waals surface area contributed by atoms with Gasteiger partial charge in [-0.1, -0.05) is 64.1 Å². The van der Waals surface area contributed by atoms with Gasteiger partial charge in [0.2, 0.25) is 0 Å². The van der Waals surface area contributed by atoms with Crippen LogP contribution in [0.3, 0.4) is 0 Å². The summed E-state index contributed by atoms with van der Waals surface area (Å²) in [6, 6.07) is 34.9. The van der Waals surface area contributed by atoms with Crippen LogP contribution in [0.4, 0.5) is 17.1 Å². The number of likely N-dealkylation sites (N-methyl/N-ethyl adjacent to an activating group) is 3. The molecule has 0 unspecified atom stereocenters. The van der Waals surface area contributed by atoms with Gasteiger partial charge in [0.05, 0.1) is 60.8 Å². The molecule has 0 spiro atoms. The molecule has 4 N–H and O–H groups in total. The van der Waals surface area contributed by atoms with Crippen molar-refractivity contribution < 1.29 is 64.2 Å². The van der Waals surface area contributed by atoms with E-state index in [0.717, 1.165) is 179 Å². The molecule has 6 aromatic carbocycles. The van der Waals surface area contributed by atoms with Gasteiger partial charge in [-0.2, -0.15) is 25.9 Å². The second-order valence-electron chi connectivity index (χ2n) is 28.7. The number of carbonyl (C=O) groups is 3. The quantitative estimate of drug-likeness (QED) is 0.0216. The van der Waals surface area contributed by atoms with E-state index in [1.165, 1.54) is 25.3 Å². The number of ether oxygens (including phenoxy) is 6. The number of carbonyl (C=O) groups excluding carboxylic acids is 3. The van der Waals surface area contributed by atoms with Crippen LogP contribution in [0, 0.1) is 0 Å². The van der Waals surface area contributed by atoms with E-state index in [2.05, 4.69) is 101 Å². The van der Waals surface area contributed by atoms with Gasteiger partial charge in [-0.3, -0.25) is 18.9 Å². The van der Waals surface area contributed by atoms with Crippen molar-refractivity contribution in [1.82, 2.24) is 48.5 Å². The minimum atomic E-state index is -4.28. The maximum atomic E-state index is 13.8. The van der Waals surface area contributed by atoms with Gasteiger partial charge < -0.3 is 77.8 Å². The largest absolute Gasteiger partial charge is 0.493 e. The normalized spacial score (nSPS) is 17.0. The van der Waals surface area contributed by atoms with Crippen molar-refractivity contribution in [2.24, 2.45) is 0 Å². The molecule has 6 heterocycles. The zero-order valence-electron chi connectivity index (χ0n) is 67.0. The number of hydrogen-bond acceptors (Lipinski definition) is 20. The molecule has 29 heteroatoms. The van der Waals surface area contributed by atoms with Crippen LogP contribution in [0.1, 0.15) is 149 Å². The van der Waals surface area contributed by atoms with Crippen molar-refractivity contribution in [2.75, 3.05) is 196 Å². The Bertz CT molecular complexity index is 4340. The van der Waals surface area contributed by atoms with E-state index in [1.54, 1.807) is 42.7 Å². The molecule has 3 atom stereocenters. The zero-order chi connectivity index (χ0) is 79.5. The molecule has 606 valence electrons. The highest BCUT2D eigenvalue weighted by Gasteiger charge is 2.40. The van der Waals surface area contributed by atoms with Crippen LogP contribution in [0.15, 0.2) is 109 Å². The summed E-state index contributed by atoms with van der Waals surface area (Å²) < 4.78 is 94.5. The molecule has 111 heavy (non-hydrogen) atoms. The van der Waals surface area contributed by atoms with Gasteiger partial charge in [0.15, 0.2) is 34.5 Å². The van der Waals surface area contributed by atoms with Crippen molar-refractivity contribution in [3.63, 3.8) is 0 Å². The zero-order valence-corrected chi connectivity index (χ0v) is 68.6. The third-order valence-corrected chi connectivity index (χ3v) is 24.4. The van der Waals surface area contributed by atoms with E-state index in [9.17, 15) is 31.2 Å². The summed E-state index contributed by atoms with van der Waals surface area (Å²) in [6.07, 6.45) is 3.91. The Kier molecular flexibility index (Phi) is 30.5. The standard InChI is InChI=1S/C28H41N5O5S.C28H40N4O3.C26H36N4O6S/c1-6-31-15-17-32(18-16-31)25-10-7-9-22-23(25)20-33(28(22)34)24(11-8-14-29-39(35,36)30(2)3)21-12-13-26(37-4)27(19-21)38-5;1-5-29-14-8-11-24(21-12-13-26(34-3)27(19-21)35-4)32-20-23-22(28(32)33)9-7-10-25(23)31-17-15-30(6-2)16-18-31;1-4-28-13-15-29(16-14-28)23-8-5-7-20-21(23)18-30(26(20)31)22(9-6-12-27-37(32,33)34)19-10-11-24(35-2)25(17-19)36-3/h7,9-10,12-13,19,24,29H,6,8,11,14-18,20H2,1-5H3;7,9-10,12-13,19,24,29H,5-6,8,11,14-18,20H2,1-4H3;5,7-8,10-11,17,22,27H,4,6,9,12-16,18H2,1-3H3,(H,32,33,34)/t2*24-;22-/m111/s1. The lowest BCUT2D eigenvalue weighted by molar-refractivity contribution is 0.0682. The molecule has 3 fully saturated rings. The van der Waals surface area contributed by atoms with E-state index in [-0.39, 0.29) is 48.9 Å². The molecule has 3 saturated heterocycles. The molecule has 6 aromatic rings. The maximum absolute atomic E-state index is 13.8. The van der Waals surface area contributed by atoms with Crippen molar-refractivity contribution >= 4 is 55.3 Å². The molecule has 0 aliphatic carbocycles. The molecule has 0 bridgehead atoms. The first-order valence-corrected chi connectivity index (χ1v) is 41.9. The number of piperazine rings is 3. The molecule has 12 rings (SSSR count). The number of methoxy groups -OCH3 is 6. The summed E-state index contributed by atoms with van der Waals surface area (Å²) in [7, 11) is 4.81. The third kappa shape index (κ3) is 20.7. The first-order chi connectivity index (χ1) is 53.5. The van der Waals surface area contributed by atoms with E-state index < -0.39 is 20.5 Å². The number of anilines is 3. The number of nitrogens with zero attached hydrogens (tertiary/aromatic N) is 10. The lowest BCUT2D eigenvalue weighted by atomic mass is 9.99. The summed E-state index contributed by atoms with van der Waals surface area (Å²) >= 11 is 0. The van der Waals surface area contributed by atoms with E-state index in [1.807, 2.05) is 94.7 Å². The number of hydrogen-bond donors (Lipinski definition) is 4. The molecule has 6 aliphatic heterocycles. The van der Waals surface area contributed by atoms with Crippen molar-refractivity contribution in [3.8, 4) is 34.5 Å². The first-order valence-electron chi connectivity index (χ1n) is 39.0. The highest BCUT2D eigenvalue weighted by Crippen LogP contribution is 2.45. The Labute approximate surface area is 658 Å². The number of benzene rings is 6. The van der Waals surface area contributed by atoms with Crippen LogP contribution < -0.4 is 57.9 Å². The van der Waals surface area contributed by atoms with Crippen molar-refractivity contribution in [1.29, 1.82) is 0 Å². The van der Waals surface area contributed by atoms with Crippen LogP contribution >= 0.6 is 0 Å². The Balaban J connectivity index is 0.000000177. The summed E-state index contributed by atoms with van der Waals surface area (Å²) in [5, 5.41) is 3.42. The molecule has 6 aliphatic rings. The van der Waals surface area contributed by atoms with Gasteiger partial charge in [0.1, 0.15) is 0 Å². The number of amides is 3. The molecule has 0 aromatic heterocycles. The molecular weight excluding hydrogens is 1460 g/mol. The molecular formula is C82H117N13O14S2. The fourth-order valence-corrected chi connectivity index (χ4v) is 17.0. The predicted octanol–water partition coefficient (Wildman–Crippen LogP) is 9.37. The second-order valence-corrected chi connectivity index (χ2v) is 31.9. The van der Waals surface area contributed by atoms with Crippen molar-refractivity contribution in [2.45, 2.75) is 104 Å². The Morgan fingerprint density at radius 1 is 0.405 bits per heavy atom. The highest BCUT2D eigenvalue weighted by atomic mass is 32.2. The Hall–Kier alpha value is -8.49. The third-order valence-electron chi connectivity index (χ3n) is 22.3. The number of fused-ring (bicyclic) bond motifs is 3. The Morgan fingerprint density at radius 3 is 0.973 bits per heavy atom. The SMILES string of the molecule is CCN1CCN(c2cccc3c2CN([C@H](CCCNS(=O)(=O)N(C)C)c2ccc(OC)c(OC)c2)C3=O)CC1.CCN1CCN(c2cccc3c2CN([C@H](CCCNS(=O)(=O)O)c2ccc(OC)c(OC)c2)C3=O)CC1.CCNCCC[C@H](c1ccc(OC)c(OC)c1)N1Cc2c(cccc2N2CCN(CC)CC2)C1=O. The lowest BCUT2D eigenvalue weighted by Crippen LogP contribution is -2.46. The highest BCUT2D eigenvalue weighted by molar-refractivity contribution is 7.87. The lowest BCUT2D eigenvalue weighted by Gasteiger charge is -2.36. The van der Waals surface area contributed by atoms with Gasteiger partial charge in [-0.25, -0.2) is 4.72 Å². The van der Waals surface area contributed by atoms with Gasteiger partial charge >= 0.3 is 10.3 Å². The first kappa shape index (κ1) is 84.9. The molecule has 0 radical (unpaired) electrons. The smallest absolute Gasteiger partial charge is 0.333 e. The average Bonchev–Trinajstić information content (AvgIpc) is 1.63. The number of rotatable bonds is 34. The van der Waals surface area contributed by atoms with Crippen LogP contribution in [0.2, 0.25) is 0 Å². The summed E-state index contributed by atoms with van der Waals surface area (Å²) in [5.41, 5.74) is 11.9. The number of nitrogens with one attached hydrogen (secondary N) is 3. The van der Waals surface area contributed by atoms with E-state index in [4.69, 9.17) is 33.0 Å². The summed E-state index contributed by atoms with van der Waals surface area (Å²) in [4.78, 5) is 61.7. The van der Waals surface area contributed by atoms with Gasteiger partial charge in [-0.15, -0.1) is 0 Å². The molecule has 0 saturated carbocycles. The van der Waals surface area contributed by atoms with Crippen LogP contribution in [0.5, 0.6) is 34.5 Å². The Morgan fingerprint density at radius 2 is 0.703 bits per heavy atom. The van der Waals surface area contributed by atoms with E-state index in [0.29, 0.717) is 85.4 Å². The molecule has 27 nitrogen and oxygen atoms in total. The van der Waals surface area contributed by atoms with Gasteiger partial charge in [0.25, 0.3) is 27.9 Å². The van der Waals surface area contributed by atoms with Crippen LogP contribution in [-0.4, -0.2) is 254 Å². The van der Waals surface area contributed by atoms with Crippen LogP contribution in [-0.2, 0) is 40.1 Å². The summed E-state index contributed by atoms with van der Waals surface area (Å²) in [5.74, 6) is 3.81.